The van der Waals surface area contributed by atoms with Gasteiger partial charge in [0.05, 0.1) is 11.1 Å². The summed E-state index contributed by atoms with van der Waals surface area (Å²) in [4.78, 5) is 2.57. The van der Waals surface area contributed by atoms with E-state index in [-0.39, 0.29) is 0 Å². The van der Waals surface area contributed by atoms with Crippen molar-refractivity contribution in [2.24, 2.45) is 0 Å². The Balaban J connectivity index is 1.15. The van der Waals surface area contributed by atoms with E-state index in [1.807, 2.05) is 11.3 Å². The quantitative estimate of drug-likeness (QED) is 0.145. The van der Waals surface area contributed by atoms with E-state index < -0.39 is 5.41 Å². The summed E-state index contributed by atoms with van der Waals surface area (Å²) < 4.78 is 2.58. The van der Waals surface area contributed by atoms with Gasteiger partial charge in [0, 0.05) is 42.5 Å². The van der Waals surface area contributed by atoms with Gasteiger partial charge in [-0.25, -0.2) is 0 Å². The minimum atomic E-state index is -0.495. The molecule has 13 rings (SSSR count). The summed E-state index contributed by atoms with van der Waals surface area (Å²) >= 11 is 1.86. The van der Waals surface area contributed by atoms with Crippen LogP contribution in [0.15, 0.2) is 249 Å². The van der Waals surface area contributed by atoms with Crippen LogP contribution in [0.5, 0.6) is 0 Å². The first-order valence-electron chi connectivity index (χ1n) is 22.4. The summed E-state index contributed by atoms with van der Waals surface area (Å²) in [6.07, 6.45) is 0. The predicted molar refractivity (Wildman–Crippen MR) is 277 cm³/mol. The smallest absolute Gasteiger partial charge is 0.0713 e. The van der Waals surface area contributed by atoms with Crippen molar-refractivity contribution >= 4 is 70.1 Å². The standard InChI is InChI=1S/C63H41NS/c1-4-19-42(20-5-1)43-21-18-22-44(39-43)61-53-31-12-10-27-49(53)50-28-11-13-32-54(50)62(61)64(48-36-38-60-56(41-48)52-30-15-17-34-59(52)65-60)47-35-37-58-55(40-47)51-29-14-16-33-57(51)63(58,45-23-6-2-7-24-45)46-25-8-3-9-26-46/h1-41H. The van der Waals surface area contributed by atoms with Gasteiger partial charge in [-0.05, 0) is 109 Å². The molecule has 0 fully saturated rings. The molecule has 304 valence electrons. The molecule has 0 bridgehead atoms. The van der Waals surface area contributed by atoms with Crippen LogP contribution in [0.2, 0.25) is 0 Å². The number of fused-ring (bicyclic) bond motifs is 9. The first kappa shape index (κ1) is 37.5. The van der Waals surface area contributed by atoms with Crippen molar-refractivity contribution in [2.75, 3.05) is 4.90 Å². The average molecular weight is 844 g/mol. The first-order valence-corrected chi connectivity index (χ1v) is 23.2. The molecule has 0 saturated carbocycles. The molecule has 2 heteroatoms. The number of thiophene rings is 1. The second-order valence-electron chi connectivity index (χ2n) is 17.1. The number of nitrogens with zero attached hydrogens (tertiary/aromatic N) is 1. The van der Waals surface area contributed by atoms with Crippen LogP contribution >= 0.6 is 11.3 Å². The molecule has 65 heavy (non-hydrogen) atoms. The third kappa shape index (κ3) is 5.78. The molecule has 1 aliphatic carbocycles. The highest BCUT2D eigenvalue weighted by Gasteiger charge is 2.46. The Labute approximate surface area is 382 Å². The van der Waals surface area contributed by atoms with E-state index >= 15 is 0 Å². The van der Waals surface area contributed by atoms with Crippen LogP contribution in [-0.2, 0) is 5.41 Å². The largest absolute Gasteiger partial charge is 0.309 e. The minimum absolute atomic E-state index is 0.495. The molecule has 0 amide bonds. The monoisotopic (exact) mass is 843 g/mol. The van der Waals surface area contributed by atoms with Crippen molar-refractivity contribution in [3.63, 3.8) is 0 Å². The maximum Gasteiger partial charge on any atom is 0.0713 e. The van der Waals surface area contributed by atoms with E-state index in [1.165, 1.54) is 97.4 Å². The summed E-state index contributed by atoms with van der Waals surface area (Å²) in [6, 6.07) is 92.3. The fraction of sp³-hybridized carbons (Fsp3) is 0.0159. The molecule has 0 aliphatic heterocycles. The van der Waals surface area contributed by atoms with Crippen LogP contribution < -0.4 is 4.90 Å². The molecule has 0 atom stereocenters. The Bertz CT molecular complexity index is 3730. The number of hydrogen-bond donors (Lipinski definition) is 0. The van der Waals surface area contributed by atoms with Crippen molar-refractivity contribution in [3.8, 4) is 33.4 Å². The van der Waals surface area contributed by atoms with E-state index in [2.05, 4.69) is 254 Å². The lowest BCUT2D eigenvalue weighted by atomic mass is 9.68. The summed E-state index contributed by atoms with van der Waals surface area (Å²) in [6.45, 7) is 0. The lowest BCUT2D eigenvalue weighted by Crippen LogP contribution is -2.28. The SMILES string of the molecule is c1ccc(-c2cccc(-c3c(N(c4ccc5c(c4)-c4ccccc4C5(c4ccccc4)c4ccccc4)c4ccc5sc6ccccc6c5c4)c4ccccc4c4ccccc34)c2)cc1. The maximum absolute atomic E-state index is 2.57. The molecule has 0 saturated heterocycles. The molecule has 0 spiro atoms. The Hall–Kier alpha value is -8.04. The Kier molecular flexibility index (Phi) is 8.69. The van der Waals surface area contributed by atoms with Gasteiger partial charge in [0.15, 0.2) is 0 Å². The van der Waals surface area contributed by atoms with E-state index in [0.29, 0.717) is 0 Å². The molecular formula is C63H41NS. The molecule has 1 aromatic heterocycles. The van der Waals surface area contributed by atoms with Gasteiger partial charge >= 0.3 is 0 Å². The van der Waals surface area contributed by atoms with Crippen LogP contribution in [0.3, 0.4) is 0 Å². The van der Waals surface area contributed by atoms with Crippen molar-refractivity contribution in [1.29, 1.82) is 0 Å². The highest BCUT2D eigenvalue weighted by atomic mass is 32.1. The molecule has 0 N–H and O–H groups in total. The molecule has 0 unspecified atom stereocenters. The van der Waals surface area contributed by atoms with Gasteiger partial charge in [-0.1, -0.05) is 206 Å². The van der Waals surface area contributed by atoms with E-state index in [1.54, 1.807) is 0 Å². The first-order chi connectivity index (χ1) is 32.3. The molecule has 1 heterocycles. The lowest BCUT2D eigenvalue weighted by Gasteiger charge is -2.34. The van der Waals surface area contributed by atoms with E-state index in [0.717, 1.165) is 17.1 Å². The zero-order valence-electron chi connectivity index (χ0n) is 35.5. The Morgan fingerprint density at radius 2 is 0.831 bits per heavy atom. The molecule has 1 nitrogen and oxygen atoms in total. The Morgan fingerprint density at radius 1 is 0.308 bits per heavy atom. The molecule has 11 aromatic carbocycles. The fourth-order valence-electron chi connectivity index (χ4n) is 11.0. The zero-order valence-corrected chi connectivity index (χ0v) is 36.3. The van der Waals surface area contributed by atoms with Gasteiger partial charge in [0.2, 0.25) is 0 Å². The van der Waals surface area contributed by atoms with Crippen LogP contribution in [0.4, 0.5) is 17.1 Å². The number of anilines is 3. The van der Waals surface area contributed by atoms with Gasteiger partial charge in [-0.15, -0.1) is 11.3 Å². The summed E-state index contributed by atoms with van der Waals surface area (Å²) in [5, 5.41) is 7.44. The van der Waals surface area contributed by atoms with Crippen molar-refractivity contribution < 1.29 is 0 Å². The third-order valence-electron chi connectivity index (χ3n) is 13.7. The zero-order chi connectivity index (χ0) is 42.9. The number of hydrogen-bond acceptors (Lipinski definition) is 2. The van der Waals surface area contributed by atoms with Gasteiger partial charge in [0.25, 0.3) is 0 Å². The van der Waals surface area contributed by atoms with Crippen LogP contribution in [0, 0.1) is 0 Å². The van der Waals surface area contributed by atoms with Crippen LogP contribution in [0.1, 0.15) is 22.3 Å². The van der Waals surface area contributed by atoms with Crippen molar-refractivity contribution in [3.05, 3.63) is 271 Å². The minimum Gasteiger partial charge on any atom is -0.309 e. The van der Waals surface area contributed by atoms with E-state index in [4.69, 9.17) is 0 Å². The highest BCUT2D eigenvalue weighted by Crippen LogP contribution is 2.58. The van der Waals surface area contributed by atoms with Gasteiger partial charge in [-0.2, -0.15) is 0 Å². The molecule has 12 aromatic rings. The second kappa shape index (κ2) is 15.1. The lowest BCUT2D eigenvalue weighted by molar-refractivity contribution is 0.768. The Morgan fingerprint density at radius 3 is 1.58 bits per heavy atom. The molecule has 1 aliphatic rings. The number of rotatable bonds is 7. The fourth-order valence-corrected chi connectivity index (χ4v) is 12.1. The highest BCUT2D eigenvalue weighted by molar-refractivity contribution is 7.25. The summed E-state index contributed by atoms with van der Waals surface area (Å²) in [5.74, 6) is 0. The van der Waals surface area contributed by atoms with Crippen LogP contribution in [0.25, 0.3) is 75.1 Å². The van der Waals surface area contributed by atoms with Crippen molar-refractivity contribution in [2.45, 2.75) is 5.41 Å². The molecular weight excluding hydrogens is 803 g/mol. The van der Waals surface area contributed by atoms with Crippen LogP contribution in [-0.4, -0.2) is 0 Å². The van der Waals surface area contributed by atoms with Gasteiger partial charge in [0.1, 0.15) is 0 Å². The second-order valence-corrected chi connectivity index (χ2v) is 18.2. The van der Waals surface area contributed by atoms with Gasteiger partial charge < -0.3 is 4.90 Å². The summed E-state index contributed by atoms with van der Waals surface area (Å²) in [5.41, 5.74) is 15.3. The van der Waals surface area contributed by atoms with Gasteiger partial charge in [-0.3, -0.25) is 0 Å². The third-order valence-corrected chi connectivity index (χ3v) is 14.9. The maximum atomic E-state index is 2.57. The average Bonchev–Trinajstić information content (AvgIpc) is 3.90. The number of benzene rings is 11. The van der Waals surface area contributed by atoms with E-state index in [9.17, 15) is 0 Å². The predicted octanol–water partition coefficient (Wildman–Crippen LogP) is 17.5. The van der Waals surface area contributed by atoms with Crippen molar-refractivity contribution in [1.82, 2.24) is 0 Å². The summed E-state index contributed by atoms with van der Waals surface area (Å²) in [7, 11) is 0. The topological polar surface area (TPSA) is 3.24 Å². The normalized spacial score (nSPS) is 12.7. The molecule has 0 radical (unpaired) electrons.